The van der Waals surface area contributed by atoms with Crippen LogP contribution in [0.4, 0.5) is 0 Å². The summed E-state index contributed by atoms with van der Waals surface area (Å²) >= 11 is 5.45. The minimum Gasteiger partial charge on any atom is -0.387 e. The van der Waals surface area contributed by atoms with Gasteiger partial charge in [-0.15, -0.1) is 0 Å². The predicted octanol–water partition coefficient (Wildman–Crippen LogP) is 1.64. The maximum Gasteiger partial charge on any atom is 0.490 e. The van der Waals surface area contributed by atoms with Gasteiger partial charge in [-0.2, -0.15) is 8.62 Å². The number of aryl methyl sites for hydroxylation is 1. The molecule has 6 atom stereocenters. The highest BCUT2D eigenvalue weighted by Crippen LogP contribution is 2.66. The van der Waals surface area contributed by atoms with E-state index in [0.29, 0.717) is 5.39 Å². The Balaban J connectivity index is 1.73. The number of nitrogens with zero attached hydrogens (tertiary/aromatic N) is 1. The van der Waals surface area contributed by atoms with Crippen molar-refractivity contribution in [3.63, 3.8) is 0 Å². The lowest BCUT2D eigenvalue weighted by Crippen LogP contribution is -2.33. The van der Waals surface area contributed by atoms with E-state index in [1.54, 1.807) is 12.1 Å². The zero-order valence-electron chi connectivity index (χ0n) is 16.6. The molecule has 0 saturated carbocycles. The Hall–Kier alpha value is -0.860. The molecule has 1 aliphatic rings. The summed E-state index contributed by atoms with van der Waals surface area (Å²) < 4.78 is 52.8. The summed E-state index contributed by atoms with van der Waals surface area (Å²) in [6.45, 7) is 0.991. The number of aliphatic hydroxyl groups is 2. The number of hydrogen-bond donors (Lipinski definition) is 6. The quantitative estimate of drug-likeness (QED) is 0.205. The maximum absolute atomic E-state index is 11.9. The Labute approximate surface area is 191 Å². The molecule has 1 saturated heterocycles. The first-order valence-electron chi connectivity index (χ1n) is 9.00. The van der Waals surface area contributed by atoms with E-state index in [1.165, 1.54) is 10.8 Å². The fourth-order valence-electron chi connectivity index (χ4n) is 3.15. The zero-order chi connectivity index (χ0) is 24.8. The van der Waals surface area contributed by atoms with Crippen LogP contribution in [0.25, 0.3) is 10.8 Å². The molecule has 33 heavy (non-hydrogen) atoms. The normalized spacial score (nSPS) is 27.4. The molecule has 2 heterocycles. The fourth-order valence-corrected chi connectivity index (χ4v) is 6.53. The molecular weight excluding hydrogens is 527 g/mol. The minimum atomic E-state index is -5.69. The van der Waals surface area contributed by atoms with Gasteiger partial charge >= 0.3 is 23.5 Å². The SMILES string of the molecule is Cc1ccc2c(=S)n([C@@H]3O[C@H](COP(=O)(O)OP(=O)(O)OP(=O)(O)O)[C@H](O)[C@@H]3O)ccc2c1. The topological polar surface area (TPSA) is 214 Å². The third-order valence-corrected chi connectivity index (χ3v) is 8.75. The van der Waals surface area contributed by atoms with Crippen molar-refractivity contribution in [1.29, 1.82) is 0 Å². The molecular formula is C15H20NO13P3S. The molecule has 0 radical (unpaired) electrons. The number of aromatic nitrogens is 1. The molecule has 1 aromatic heterocycles. The van der Waals surface area contributed by atoms with Gasteiger partial charge < -0.3 is 39.1 Å². The van der Waals surface area contributed by atoms with E-state index in [9.17, 15) is 28.8 Å². The molecule has 2 aromatic rings. The summed E-state index contributed by atoms with van der Waals surface area (Å²) in [5, 5.41) is 22.2. The summed E-state index contributed by atoms with van der Waals surface area (Å²) in [4.78, 5) is 35.8. The van der Waals surface area contributed by atoms with Crippen LogP contribution >= 0.6 is 35.7 Å². The van der Waals surface area contributed by atoms with Gasteiger partial charge in [0.2, 0.25) is 0 Å². The minimum absolute atomic E-state index is 0.289. The number of phosphoric ester groups is 1. The van der Waals surface area contributed by atoms with Crippen LogP contribution in [-0.4, -0.2) is 59.3 Å². The number of fused-ring (bicyclic) bond motifs is 1. The second-order valence-corrected chi connectivity index (χ2v) is 11.9. The van der Waals surface area contributed by atoms with Crippen LogP contribution in [0, 0.1) is 11.6 Å². The molecule has 0 bridgehead atoms. The largest absolute Gasteiger partial charge is 0.490 e. The van der Waals surface area contributed by atoms with Gasteiger partial charge in [-0.3, -0.25) is 4.52 Å². The second-order valence-electron chi connectivity index (χ2n) is 7.05. The van der Waals surface area contributed by atoms with Crippen molar-refractivity contribution in [2.45, 2.75) is 31.5 Å². The Bertz CT molecular complexity index is 1250. The van der Waals surface area contributed by atoms with Gasteiger partial charge in [-0.05, 0) is 18.4 Å². The molecule has 3 rings (SSSR count). The third kappa shape index (κ3) is 6.63. The van der Waals surface area contributed by atoms with Crippen molar-refractivity contribution >= 4 is 46.5 Å². The molecule has 6 N–H and O–H groups in total. The molecule has 18 heteroatoms. The third-order valence-electron chi connectivity index (χ3n) is 4.52. The number of phosphoric acid groups is 3. The van der Waals surface area contributed by atoms with Crippen molar-refractivity contribution < 1.29 is 61.4 Å². The molecule has 0 amide bonds. The Morgan fingerprint density at radius 3 is 2.33 bits per heavy atom. The molecule has 0 aliphatic carbocycles. The van der Waals surface area contributed by atoms with Crippen molar-refractivity contribution in [1.82, 2.24) is 4.57 Å². The van der Waals surface area contributed by atoms with Crippen LogP contribution in [0.3, 0.4) is 0 Å². The van der Waals surface area contributed by atoms with Crippen molar-refractivity contribution in [3.8, 4) is 0 Å². The predicted molar refractivity (Wildman–Crippen MR) is 113 cm³/mol. The molecule has 184 valence electrons. The summed E-state index contributed by atoms with van der Waals surface area (Å²) in [6.07, 6.45) is -4.24. The van der Waals surface area contributed by atoms with Crippen LogP contribution in [0.1, 0.15) is 11.8 Å². The fraction of sp³-hybridized carbons (Fsp3) is 0.400. The van der Waals surface area contributed by atoms with E-state index in [0.717, 1.165) is 10.9 Å². The first kappa shape index (κ1) is 26.7. The Kier molecular flexibility index (Phi) is 7.82. The van der Waals surface area contributed by atoms with Crippen LogP contribution in [0.2, 0.25) is 0 Å². The molecule has 2 unspecified atom stereocenters. The number of hydrogen-bond acceptors (Lipinski definition) is 10. The van der Waals surface area contributed by atoms with Crippen LogP contribution < -0.4 is 0 Å². The molecule has 14 nitrogen and oxygen atoms in total. The van der Waals surface area contributed by atoms with Gasteiger partial charge in [0.15, 0.2) is 6.23 Å². The zero-order valence-corrected chi connectivity index (χ0v) is 20.1. The lowest BCUT2D eigenvalue weighted by molar-refractivity contribution is -0.0525. The summed E-state index contributed by atoms with van der Waals surface area (Å²) in [7, 11) is -16.6. The average Bonchev–Trinajstić information content (AvgIpc) is 2.92. The molecule has 0 spiro atoms. The smallest absolute Gasteiger partial charge is 0.387 e. The van der Waals surface area contributed by atoms with Gasteiger partial charge in [0, 0.05) is 11.6 Å². The van der Waals surface area contributed by atoms with Gasteiger partial charge in [-0.25, -0.2) is 13.7 Å². The number of pyridine rings is 1. The lowest BCUT2D eigenvalue weighted by Gasteiger charge is -2.20. The monoisotopic (exact) mass is 547 g/mol. The highest BCUT2D eigenvalue weighted by Gasteiger charge is 2.46. The first-order valence-corrected chi connectivity index (χ1v) is 13.9. The van der Waals surface area contributed by atoms with Crippen LogP contribution in [-0.2, 0) is 31.6 Å². The van der Waals surface area contributed by atoms with Crippen molar-refractivity contribution in [2.24, 2.45) is 0 Å². The summed E-state index contributed by atoms with van der Waals surface area (Å²) in [5.41, 5.74) is 1.01. The van der Waals surface area contributed by atoms with Crippen LogP contribution in [0.5, 0.6) is 0 Å². The molecule has 1 fully saturated rings. The van der Waals surface area contributed by atoms with Crippen molar-refractivity contribution in [3.05, 3.63) is 40.7 Å². The summed E-state index contributed by atoms with van der Waals surface area (Å²) in [6, 6.07) is 7.25. The molecule has 1 aliphatic heterocycles. The number of benzene rings is 1. The van der Waals surface area contributed by atoms with Gasteiger partial charge in [-0.1, -0.05) is 36.0 Å². The summed E-state index contributed by atoms with van der Waals surface area (Å²) in [5.74, 6) is 0. The number of aliphatic hydroxyl groups excluding tert-OH is 2. The van der Waals surface area contributed by atoms with Gasteiger partial charge in [0.25, 0.3) is 0 Å². The highest BCUT2D eigenvalue weighted by molar-refractivity contribution is 7.71. The van der Waals surface area contributed by atoms with Gasteiger partial charge in [0.05, 0.1) is 6.61 Å². The van der Waals surface area contributed by atoms with Crippen LogP contribution in [0.15, 0.2) is 30.5 Å². The van der Waals surface area contributed by atoms with E-state index in [2.05, 4.69) is 13.1 Å². The lowest BCUT2D eigenvalue weighted by atomic mass is 10.1. The van der Waals surface area contributed by atoms with E-state index in [-0.39, 0.29) is 4.64 Å². The van der Waals surface area contributed by atoms with Gasteiger partial charge in [0.1, 0.15) is 23.0 Å². The first-order chi connectivity index (χ1) is 15.1. The molecule has 1 aromatic carbocycles. The standard InChI is InChI=1S/C15H20NO13P3S/c1-8-2-3-10-9(6-8)4-5-16(15(10)33)14-13(18)12(17)11(27-14)7-26-31(22,23)29-32(24,25)28-30(19,20)21/h2-6,11-14,17-18H,7H2,1H3,(H,22,23)(H,24,25)(H2,19,20,21)/t11-,12+,13+,14-/m1/s1. The van der Waals surface area contributed by atoms with E-state index >= 15 is 0 Å². The van der Waals surface area contributed by atoms with Crippen molar-refractivity contribution in [2.75, 3.05) is 6.61 Å². The highest BCUT2D eigenvalue weighted by atomic mass is 32.1. The van der Waals surface area contributed by atoms with E-state index in [4.69, 9.17) is 31.6 Å². The average molecular weight is 547 g/mol. The van der Waals surface area contributed by atoms with E-state index < -0.39 is 54.6 Å². The maximum atomic E-state index is 11.9. The Morgan fingerprint density at radius 2 is 1.70 bits per heavy atom. The number of ether oxygens (including phenoxy) is 1. The number of rotatable bonds is 8. The Morgan fingerprint density at radius 1 is 1.03 bits per heavy atom. The van der Waals surface area contributed by atoms with E-state index in [1.807, 2.05) is 19.1 Å². The second kappa shape index (κ2) is 9.65.